The van der Waals surface area contributed by atoms with Crippen LogP contribution in [0, 0.1) is 5.92 Å². The topological polar surface area (TPSA) is 84.3 Å². The van der Waals surface area contributed by atoms with Crippen molar-refractivity contribution in [3.05, 3.63) is 94.2 Å². The minimum Gasteiger partial charge on any atom is -0.338 e. The number of rotatable bonds is 3. The lowest BCUT2D eigenvalue weighted by Crippen LogP contribution is -2.49. The van der Waals surface area contributed by atoms with Gasteiger partial charge in [-0.2, -0.15) is 0 Å². The summed E-state index contributed by atoms with van der Waals surface area (Å²) in [6.45, 7) is 1.71. The van der Waals surface area contributed by atoms with E-state index in [1.165, 1.54) is 0 Å². The van der Waals surface area contributed by atoms with Crippen molar-refractivity contribution in [3.63, 3.8) is 0 Å². The second-order valence-electron chi connectivity index (χ2n) is 8.16. The molecule has 0 saturated carbocycles. The van der Waals surface area contributed by atoms with Gasteiger partial charge in [-0.1, -0.05) is 18.2 Å². The minimum absolute atomic E-state index is 0.0228. The molecule has 0 spiro atoms. The number of pyridine rings is 2. The average molecular weight is 414 g/mol. The normalized spacial score (nSPS) is 19.4. The molecule has 5 rings (SSSR count). The van der Waals surface area contributed by atoms with Gasteiger partial charge in [0.2, 0.25) is 0 Å². The van der Waals surface area contributed by atoms with E-state index in [0.717, 1.165) is 12.1 Å². The lowest BCUT2D eigenvalue weighted by molar-refractivity contribution is 0.0594. The predicted molar refractivity (Wildman–Crippen MR) is 116 cm³/mol. The van der Waals surface area contributed by atoms with E-state index in [4.69, 9.17) is 0 Å². The van der Waals surface area contributed by atoms with Gasteiger partial charge in [0.15, 0.2) is 0 Å². The van der Waals surface area contributed by atoms with Gasteiger partial charge in [0.1, 0.15) is 5.69 Å². The molecular weight excluding hydrogens is 392 g/mol. The van der Waals surface area contributed by atoms with Crippen LogP contribution in [0.4, 0.5) is 5.69 Å². The van der Waals surface area contributed by atoms with Gasteiger partial charge in [-0.05, 0) is 48.7 Å². The van der Waals surface area contributed by atoms with E-state index < -0.39 is 0 Å². The Morgan fingerprint density at radius 2 is 1.74 bits per heavy atom. The Morgan fingerprint density at radius 1 is 0.935 bits per heavy atom. The van der Waals surface area contributed by atoms with Gasteiger partial charge in [-0.25, -0.2) is 0 Å². The first kappa shape index (κ1) is 19.2. The van der Waals surface area contributed by atoms with Crippen molar-refractivity contribution >= 4 is 17.5 Å². The summed E-state index contributed by atoms with van der Waals surface area (Å²) in [6.07, 6.45) is 4.19. The molecule has 1 saturated heterocycles. The molecule has 0 aliphatic carbocycles. The first-order valence-corrected chi connectivity index (χ1v) is 10.4. The number of likely N-dealkylation sites (tertiary alicyclic amines) is 1. The van der Waals surface area contributed by atoms with Crippen LogP contribution < -0.4 is 10.9 Å². The Kier molecular flexibility index (Phi) is 4.86. The largest absolute Gasteiger partial charge is 0.338 e. The molecule has 2 aliphatic rings. The summed E-state index contributed by atoms with van der Waals surface area (Å²) in [5, 5.41) is 2.75. The molecule has 0 unspecified atom stereocenters. The van der Waals surface area contributed by atoms with E-state index in [1.807, 2.05) is 17.0 Å². The molecule has 2 aromatic heterocycles. The van der Waals surface area contributed by atoms with Crippen molar-refractivity contribution in [2.24, 2.45) is 5.92 Å². The highest BCUT2D eigenvalue weighted by molar-refractivity contribution is 6.04. The summed E-state index contributed by atoms with van der Waals surface area (Å²) in [5.74, 6) is -0.0304. The highest BCUT2D eigenvalue weighted by atomic mass is 16.2. The Morgan fingerprint density at radius 3 is 2.52 bits per heavy atom. The molecular formula is C24H22N4O3. The molecule has 2 bridgehead atoms. The summed E-state index contributed by atoms with van der Waals surface area (Å²) in [5.41, 5.74) is 2.09. The predicted octanol–water partition coefficient (Wildman–Crippen LogP) is 2.76. The van der Waals surface area contributed by atoms with Gasteiger partial charge in [0.05, 0.1) is 5.56 Å². The highest BCUT2D eigenvalue weighted by Crippen LogP contribution is 2.36. The van der Waals surface area contributed by atoms with Gasteiger partial charge in [-0.3, -0.25) is 19.4 Å². The van der Waals surface area contributed by atoms with Crippen molar-refractivity contribution in [1.82, 2.24) is 14.5 Å². The number of amides is 2. The zero-order chi connectivity index (χ0) is 21.4. The molecule has 1 aromatic carbocycles. The number of carbonyl (C=O) groups excluding carboxylic acids is 2. The number of hydrogen-bond acceptors (Lipinski definition) is 4. The molecule has 2 atom stereocenters. The lowest BCUT2D eigenvalue weighted by Gasteiger charge is -2.42. The summed E-state index contributed by atoms with van der Waals surface area (Å²) in [4.78, 5) is 44.4. The number of fused-ring (bicyclic) bond motifs is 4. The van der Waals surface area contributed by atoms with Gasteiger partial charge in [-0.15, -0.1) is 0 Å². The van der Waals surface area contributed by atoms with Crippen LogP contribution in [-0.2, 0) is 6.54 Å². The van der Waals surface area contributed by atoms with Gasteiger partial charge in [0.25, 0.3) is 17.4 Å². The van der Waals surface area contributed by atoms with Crippen LogP contribution in [-0.4, -0.2) is 39.4 Å². The smallest absolute Gasteiger partial charge is 0.274 e. The summed E-state index contributed by atoms with van der Waals surface area (Å²) in [7, 11) is 0. The second kappa shape index (κ2) is 7.83. The van der Waals surface area contributed by atoms with Crippen LogP contribution in [0.25, 0.3) is 0 Å². The van der Waals surface area contributed by atoms with Crippen molar-refractivity contribution in [1.29, 1.82) is 0 Å². The van der Waals surface area contributed by atoms with Crippen molar-refractivity contribution in [3.8, 4) is 0 Å². The number of nitrogens with one attached hydrogen (secondary N) is 1. The fourth-order valence-corrected chi connectivity index (χ4v) is 4.66. The molecule has 31 heavy (non-hydrogen) atoms. The first-order valence-electron chi connectivity index (χ1n) is 10.4. The minimum atomic E-state index is -0.303. The Bertz CT molecular complexity index is 1190. The van der Waals surface area contributed by atoms with E-state index in [1.54, 1.807) is 59.4 Å². The molecule has 2 aliphatic heterocycles. The third kappa shape index (κ3) is 3.63. The standard InChI is InChI=1S/C24H22N4O3/c29-22(17-5-2-1-3-6-17)26-20-8-9-21-19-11-16(14-28(21)24(20)31)13-27(15-19)23(30)18-7-4-10-25-12-18/h1-10,12,16,19H,11,13-15H2,(H,26,29)/t16-,19+/m0/s1. The maximum Gasteiger partial charge on any atom is 0.274 e. The third-order valence-electron chi connectivity index (χ3n) is 6.08. The molecule has 156 valence electrons. The van der Waals surface area contributed by atoms with Crippen LogP contribution in [0.5, 0.6) is 0 Å². The second-order valence-corrected chi connectivity index (χ2v) is 8.16. The van der Waals surface area contributed by atoms with Gasteiger partial charge < -0.3 is 14.8 Å². The van der Waals surface area contributed by atoms with Gasteiger partial charge in [0, 0.05) is 49.2 Å². The highest BCUT2D eigenvalue weighted by Gasteiger charge is 2.37. The molecule has 4 heterocycles. The quantitative estimate of drug-likeness (QED) is 0.714. The van der Waals surface area contributed by atoms with Gasteiger partial charge >= 0.3 is 0 Å². The van der Waals surface area contributed by atoms with Crippen molar-refractivity contribution in [2.45, 2.75) is 18.9 Å². The number of carbonyl (C=O) groups is 2. The van der Waals surface area contributed by atoms with Crippen LogP contribution in [0.3, 0.4) is 0 Å². The van der Waals surface area contributed by atoms with E-state index in [-0.39, 0.29) is 34.9 Å². The average Bonchev–Trinajstić information content (AvgIpc) is 2.81. The van der Waals surface area contributed by atoms with Crippen LogP contribution in [0.1, 0.15) is 38.7 Å². The zero-order valence-electron chi connectivity index (χ0n) is 16.9. The van der Waals surface area contributed by atoms with E-state index in [9.17, 15) is 14.4 Å². The number of piperidine rings is 1. The molecule has 7 nitrogen and oxygen atoms in total. The molecule has 1 fully saturated rings. The van der Waals surface area contributed by atoms with Crippen molar-refractivity contribution in [2.75, 3.05) is 18.4 Å². The third-order valence-corrected chi connectivity index (χ3v) is 6.08. The van der Waals surface area contributed by atoms with Crippen LogP contribution in [0.15, 0.2) is 71.8 Å². The monoisotopic (exact) mass is 414 g/mol. The van der Waals surface area contributed by atoms with E-state index >= 15 is 0 Å². The zero-order valence-corrected chi connectivity index (χ0v) is 16.9. The molecule has 7 heteroatoms. The Hall–Kier alpha value is -3.74. The van der Waals surface area contributed by atoms with Crippen molar-refractivity contribution < 1.29 is 9.59 Å². The Balaban J connectivity index is 1.39. The number of hydrogen-bond donors (Lipinski definition) is 1. The summed E-state index contributed by atoms with van der Waals surface area (Å²) in [6, 6.07) is 16.0. The molecule has 0 radical (unpaired) electrons. The summed E-state index contributed by atoms with van der Waals surface area (Å²) >= 11 is 0. The van der Waals surface area contributed by atoms with E-state index in [0.29, 0.717) is 30.8 Å². The maximum absolute atomic E-state index is 13.1. The fourth-order valence-electron chi connectivity index (χ4n) is 4.66. The first-order chi connectivity index (χ1) is 15.1. The van der Waals surface area contributed by atoms with E-state index in [2.05, 4.69) is 10.3 Å². The van der Waals surface area contributed by atoms with Crippen LogP contribution >= 0.6 is 0 Å². The Labute approximate surface area is 179 Å². The number of nitrogens with zero attached hydrogens (tertiary/aromatic N) is 3. The SMILES string of the molecule is O=C(Nc1ccc2n(c1=O)C[C@H]1C[C@@H]2CN(C(=O)c2cccnc2)C1)c1ccccc1. The number of benzene rings is 1. The molecule has 2 amide bonds. The summed E-state index contributed by atoms with van der Waals surface area (Å²) < 4.78 is 1.77. The molecule has 1 N–H and O–H groups in total. The maximum atomic E-state index is 13.1. The number of anilines is 1. The number of aromatic nitrogens is 2. The van der Waals surface area contributed by atoms with Crippen LogP contribution in [0.2, 0.25) is 0 Å². The fraction of sp³-hybridized carbons (Fsp3) is 0.250. The lowest BCUT2D eigenvalue weighted by atomic mass is 9.83. The molecule has 3 aromatic rings.